The van der Waals surface area contributed by atoms with Crippen molar-refractivity contribution in [2.45, 2.75) is 18.6 Å². The molecule has 0 saturated heterocycles. The van der Waals surface area contributed by atoms with Crippen LogP contribution in [0.15, 0.2) is 96.1 Å². The van der Waals surface area contributed by atoms with Crippen LogP contribution in [0.25, 0.3) is 10.9 Å². The van der Waals surface area contributed by atoms with Gasteiger partial charge in [-0.05, 0) is 23.3 Å². The Balaban J connectivity index is 0.00000306. The summed E-state index contributed by atoms with van der Waals surface area (Å²) >= 11 is 0. The van der Waals surface area contributed by atoms with Crippen molar-refractivity contribution in [3.63, 3.8) is 0 Å². The summed E-state index contributed by atoms with van der Waals surface area (Å²) in [4.78, 5) is 25.8. The van der Waals surface area contributed by atoms with Crippen LogP contribution in [0, 0.1) is 0 Å². The molecule has 0 saturated carbocycles. The van der Waals surface area contributed by atoms with Crippen molar-refractivity contribution in [3.8, 4) is 0 Å². The number of hydrogen-bond acceptors (Lipinski definition) is 4. The SMILES string of the molecule is C[n+]1cn(CCCOC(=O)C(O)(c2ccccc2)c2ccccc2)c(=O)c2ccccc21.[Br-]. The molecular weight excluding hydrogens is 484 g/mol. The molecule has 0 aliphatic rings. The molecule has 0 bridgehead atoms. The number of carbonyl (C=O) groups is 1. The van der Waals surface area contributed by atoms with Crippen molar-refractivity contribution in [2.24, 2.45) is 7.05 Å². The molecule has 0 atom stereocenters. The Morgan fingerprint density at radius 2 is 1.48 bits per heavy atom. The number of aromatic nitrogens is 2. The fourth-order valence-corrected chi connectivity index (χ4v) is 3.87. The van der Waals surface area contributed by atoms with Crippen LogP contribution in [0.2, 0.25) is 0 Å². The summed E-state index contributed by atoms with van der Waals surface area (Å²) in [5.74, 6) is -0.744. The van der Waals surface area contributed by atoms with E-state index in [0.29, 0.717) is 29.5 Å². The lowest BCUT2D eigenvalue weighted by atomic mass is 9.86. The van der Waals surface area contributed by atoms with E-state index in [2.05, 4.69) is 0 Å². The molecule has 1 aromatic heterocycles. The van der Waals surface area contributed by atoms with E-state index in [1.54, 1.807) is 65.5 Å². The number of aryl methyl sites for hydroxylation is 2. The quantitative estimate of drug-likeness (QED) is 0.211. The van der Waals surface area contributed by atoms with Gasteiger partial charge in [-0.3, -0.25) is 0 Å². The number of rotatable bonds is 7. The summed E-state index contributed by atoms with van der Waals surface area (Å²) in [6, 6.07) is 24.9. The molecule has 0 spiro atoms. The molecule has 33 heavy (non-hydrogen) atoms. The molecule has 0 aliphatic carbocycles. The molecule has 3 aromatic carbocycles. The molecule has 7 heteroatoms. The standard InChI is InChI=1S/C26H25N2O4.BrH/c1-27-19-28(24(29)22-15-8-9-16-23(22)27)17-10-18-32-25(30)26(31,20-11-4-2-5-12-20)21-13-6-3-7-14-21;/h2-9,11-16,19,31H,10,17-18H2,1H3;1H/q+1;/p-1. The number of nitrogens with zero attached hydrogens (tertiary/aromatic N) is 2. The van der Waals surface area contributed by atoms with Gasteiger partial charge < -0.3 is 26.8 Å². The highest BCUT2D eigenvalue weighted by Gasteiger charge is 2.41. The maximum absolute atomic E-state index is 13.0. The molecule has 4 rings (SSSR count). The number of halogens is 1. The first-order valence-electron chi connectivity index (χ1n) is 10.5. The number of hydrogen-bond donors (Lipinski definition) is 1. The summed E-state index contributed by atoms with van der Waals surface area (Å²) in [6.07, 6.45) is 2.18. The van der Waals surface area contributed by atoms with E-state index in [1.165, 1.54) is 0 Å². The van der Waals surface area contributed by atoms with Crippen LogP contribution in [0.3, 0.4) is 0 Å². The van der Waals surface area contributed by atoms with E-state index < -0.39 is 11.6 Å². The number of benzene rings is 3. The second kappa shape index (κ2) is 10.6. The lowest BCUT2D eigenvalue weighted by Gasteiger charge is -2.27. The Hall–Kier alpha value is -3.29. The van der Waals surface area contributed by atoms with Crippen LogP contribution in [0.5, 0.6) is 0 Å². The molecule has 170 valence electrons. The second-order valence-corrected chi connectivity index (χ2v) is 7.67. The van der Waals surface area contributed by atoms with Crippen molar-refractivity contribution in [3.05, 3.63) is 113 Å². The predicted molar refractivity (Wildman–Crippen MR) is 121 cm³/mol. The van der Waals surface area contributed by atoms with E-state index in [1.807, 2.05) is 41.9 Å². The first-order valence-corrected chi connectivity index (χ1v) is 10.5. The second-order valence-electron chi connectivity index (χ2n) is 7.67. The van der Waals surface area contributed by atoms with Gasteiger partial charge in [0, 0.05) is 6.42 Å². The van der Waals surface area contributed by atoms with E-state index in [9.17, 15) is 14.7 Å². The van der Waals surface area contributed by atoms with Crippen LogP contribution in [0.4, 0.5) is 0 Å². The molecule has 6 nitrogen and oxygen atoms in total. The Kier molecular flexibility index (Phi) is 7.79. The van der Waals surface area contributed by atoms with Gasteiger partial charge in [-0.2, -0.15) is 4.57 Å². The maximum atomic E-state index is 13.0. The number of fused-ring (bicyclic) bond motifs is 1. The number of aliphatic hydroxyl groups is 1. The minimum atomic E-state index is -1.91. The molecule has 0 unspecified atom stereocenters. The third kappa shape index (κ3) is 4.89. The topological polar surface area (TPSA) is 72.4 Å². The molecule has 0 aliphatic heterocycles. The summed E-state index contributed by atoms with van der Waals surface area (Å²) in [7, 11) is 1.89. The fraction of sp³-hybridized carbons (Fsp3) is 0.192. The van der Waals surface area contributed by atoms with E-state index in [-0.39, 0.29) is 29.1 Å². The molecule has 4 aromatic rings. The molecular formula is C26H25BrN2O4. The van der Waals surface area contributed by atoms with Crippen molar-refractivity contribution in [2.75, 3.05) is 6.61 Å². The van der Waals surface area contributed by atoms with Gasteiger partial charge >= 0.3 is 11.5 Å². The van der Waals surface area contributed by atoms with Crippen LogP contribution in [-0.2, 0) is 28.7 Å². The lowest BCUT2D eigenvalue weighted by Crippen LogP contribution is -3.00. The molecule has 0 radical (unpaired) electrons. The zero-order valence-electron chi connectivity index (χ0n) is 18.2. The monoisotopic (exact) mass is 508 g/mol. The average molecular weight is 509 g/mol. The summed E-state index contributed by atoms with van der Waals surface area (Å²) in [5.41, 5.74) is -0.261. The van der Waals surface area contributed by atoms with Gasteiger partial charge in [0.2, 0.25) is 11.9 Å². The summed E-state index contributed by atoms with van der Waals surface area (Å²) < 4.78 is 8.99. The van der Waals surface area contributed by atoms with Crippen LogP contribution < -0.4 is 27.1 Å². The maximum Gasteiger partial charge on any atom is 0.347 e. The largest absolute Gasteiger partial charge is 1.00 e. The van der Waals surface area contributed by atoms with Crippen molar-refractivity contribution in [1.82, 2.24) is 4.57 Å². The molecule has 0 amide bonds. The van der Waals surface area contributed by atoms with Crippen LogP contribution in [-0.4, -0.2) is 22.2 Å². The smallest absolute Gasteiger partial charge is 0.347 e. The van der Waals surface area contributed by atoms with Crippen molar-refractivity contribution < 1.29 is 36.2 Å². The summed E-state index contributed by atoms with van der Waals surface area (Å²) in [6.45, 7) is 0.462. The number of carbonyl (C=O) groups excluding carboxylic acids is 1. The minimum absolute atomic E-state index is 0. The third-order valence-corrected chi connectivity index (χ3v) is 5.54. The summed E-state index contributed by atoms with van der Waals surface area (Å²) in [5, 5.41) is 12.0. The zero-order valence-corrected chi connectivity index (χ0v) is 19.8. The van der Waals surface area contributed by atoms with Gasteiger partial charge in [-0.25, -0.2) is 14.2 Å². The van der Waals surface area contributed by atoms with Crippen LogP contribution in [0.1, 0.15) is 17.5 Å². The minimum Gasteiger partial charge on any atom is -1.00 e. The first kappa shape index (κ1) is 24.4. The van der Waals surface area contributed by atoms with Crippen LogP contribution >= 0.6 is 0 Å². The van der Waals surface area contributed by atoms with Crippen molar-refractivity contribution >= 4 is 16.9 Å². The van der Waals surface area contributed by atoms with Gasteiger partial charge in [0.05, 0.1) is 20.2 Å². The predicted octanol–water partition coefficient (Wildman–Crippen LogP) is -0.301. The lowest BCUT2D eigenvalue weighted by molar-refractivity contribution is -0.649. The zero-order chi connectivity index (χ0) is 22.6. The fourth-order valence-electron chi connectivity index (χ4n) is 3.87. The first-order chi connectivity index (χ1) is 15.5. The Labute approximate surface area is 202 Å². The molecule has 0 fully saturated rings. The van der Waals surface area contributed by atoms with Gasteiger partial charge in [0.25, 0.3) is 0 Å². The van der Waals surface area contributed by atoms with E-state index in [4.69, 9.17) is 4.74 Å². The molecule has 1 heterocycles. The van der Waals surface area contributed by atoms with Crippen molar-refractivity contribution in [1.29, 1.82) is 0 Å². The van der Waals surface area contributed by atoms with E-state index in [0.717, 1.165) is 5.52 Å². The highest BCUT2D eigenvalue weighted by Crippen LogP contribution is 2.31. The van der Waals surface area contributed by atoms with Gasteiger partial charge in [0.15, 0.2) is 0 Å². The number of para-hydroxylation sites is 1. The van der Waals surface area contributed by atoms with E-state index >= 15 is 0 Å². The highest BCUT2D eigenvalue weighted by molar-refractivity contribution is 5.85. The number of ether oxygens (including phenoxy) is 1. The molecule has 1 N–H and O–H groups in total. The Morgan fingerprint density at radius 1 is 0.939 bits per heavy atom. The Bertz CT molecular complexity index is 1250. The normalized spacial score (nSPS) is 11.1. The highest BCUT2D eigenvalue weighted by atomic mass is 79.9. The van der Waals surface area contributed by atoms with Gasteiger partial charge in [0.1, 0.15) is 10.9 Å². The van der Waals surface area contributed by atoms with Gasteiger partial charge in [-0.15, -0.1) is 0 Å². The Morgan fingerprint density at radius 3 is 2.09 bits per heavy atom. The number of esters is 1. The third-order valence-electron chi connectivity index (χ3n) is 5.54. The van der Waals surface area contributed by atoms with Gasteiger partial charge in [-0.1, -0.05) is 72.8 Å². The average Bonchev–Trinajstić information content (AvgIpc) is 2.85.